The van der Waals surface area contributed by atoms with Gasteiger partial charge >= 0.3 is 0 Å². The molecule has 4 rings (SSSR count). The topological polar surface area (TPSA) is 112 Å². The van der Waals surface area contributed by atoms with Crippen LogP contribution >= 0.6 is 11.6 Å². The summed E-state index contributed by atoms with van der Waals surface area (Å²) < 4.78 is 13.4. The molecule has 1 saturated carbocycles. The summed E-state index contributed by atoms with van der Waals surface area (Å²) in [4.78, 5) is 29.7. The minimum absolute atomic E-state index is 0.0186. The summed E-state index contributed by atoms with van der Waals surface area (Å²) in [5.74, 6) is 0.952. The summed E-state index contributed by atoms with van der Waals surface area (Å²) in [5, 5.41) is 9.35. The van der Waals surface area contributed by atoms with Crippen molar-refractivity contribution in [2.45, 2.75) is 84.2 Å². The van der Waals surface area contributed by atoms with Crippen LogP contribution in [0.3, 0.4) is 0 Å². The van der Waals surface area contributed by atoms with Crippen molar-refractivity contribution in [1.29, 1.82) is 5.41 Å². The number of benzene rings is 1. The normalized spacial score (nSPS) is 21.2. The highest BCUT2D eigenvalue weighted by molar-refractivity contribution is 6.47. The number of halogens is 2. The predicted octanol–water partition coefficient (Wildman–Crippen LogP) is 7.00. The van der Waals surface area contributed by atoms with Crippen molar-refractivity contribution < 1.29 is 14.0 Å². The lowest BCUT2D eigenvalue weighted by atomic mass is 9.76. The van der Waals surface area contributed by atoms with Crippen molar-refractivity contribution in [3.63, 3.8) is 0 Å². The highest BCUT2D eigenvalue weighted by Crippen LogP contribution is 2.42. The number of rotatable bonds is 9. The molecule has 9 heteroatoms. The van der Waals surface area contributed by atoms with Crippen molar-refractivity contribution in [2.24, 2.45) is 22.6 Å². The second kappa shape index (κ2) is 17.9. The van der Waals surface area contributed by atoms with Gasteiger partial charge in [0.15, 0.2) is 0 Å². The van der Waals surface area contributed by atoms with Gasteiger partial charge in [0.1, 0.15) is 29.3 Å². The third-order valence-corrected chi connectivity index (χ3v) is 8.50. The van der Waals surface area contributed by atoms with Crippen molar-refractivity contribution >= 4 is 35.3 Å². The molecule has 0 atom stereocenters. The van der Waals surface area contributed by atoms with Gasteiger partial charge in [0.25, 0.3) is 5.91 Å². The molecule has 1 aromatic rings. The molecule has 0 saturated heterocycles. The monoisotopic (exact) mass is 613 g/mol. The number of nitrogens with two attached hydrogens (primary N) is 1. The molecule has 1 aliphatic heterocycles. The molecule has 4 N–H and O–H groups in total. The van der Waals surface area contributed by atoms with Gasteiger partial charge < -0.3 is 16.0 Å². The fourth-order valence-electron chi connectivity index (χ4n) is 5.45. The second-order valence-electron chi connectivity index (χ2n) is 11.7. The van der Waals surface area contributed by atoms with Crippen LogP contribution in [-0.2, 0) is 9.59 Å². The Bertz CT molecular complexity index is 1230. The first-order valence-corrected chi connectivity index (χ1v) is 15.7. The van der Waals surface area contributed by atoms with Gasteiger partial charge in [0.05, 0.1) is 11.6 Å². The molecule has 1 amide bonds. The largest absolute Gasteiger partial charge is 0.387 e. The Labute approximate surface area is 262 Å². The molecule has 1 heterocycles. The van der Waals surface area contributed by atoms with E-state index in [1.54, 1.807) is 18.0 Å². The number of amides is 1. The van der Waals surface area contributed by atoms with Crippen LogP contribution in [0.2, 0.25) is 5.02 Å². The summed E-state index contributed by atoms with van der Waals surface area (Å²) in [5.41, 5.74) is 7.65. The smallest absolute Gasteiger partial charge is 0.274 e. The van der Waals surface area contributed by atoms with Gasteiger partial charge in [0, 0.05) is 18.2 Å². The highest BCUT2D eigenvalue weighted by atomic mass is 35.5. The summed E-state index contributed by atoms with van der Waals surface area (Å²) >= 11 is 5.85. The maximum absolute atomic E-state index is 13.4. The Morgan fingerprint density at radius 2 is 1.95 bits per heavy atom. The Kier molecular flexibility index (Phi) is 15.0. The van der Waals surface area contributed by atoms with Crippen LogP contribution in [0.15, 0.2) is 58.6 Å². The number of carbonyl (C=O) groups is 2. The van der Waals surface area contributed by atoms with E-state index in [9.17, 15) is 14.0 Å². The van der Waals surface area contributed by atoms with Crippen LogP contribution in [0, 0.1) is 23.1 Å². The van der Waals surface area contributed by atoms with E-state index in [-0.39, 0.29) is 16.8 Å². The summed E-state index contributed by atoms with van der Waals surface area (Å²) in [6.45, 7) is 7.20. The zero-order valence-electron chi connectivity index (χ0n) is 26.4. The number of allylic oxidation sites excluding steroid dienone is 6. The number of amidine groups is 1. The zero-order chi connectivity index (χ0) is 32.0. The van der Waals surface area contributed by atoms with Crippen molar-refractivity contribution in [2.75, 3.05) is 20.6 Å². The van der Waals surface area contributed by atoms with Crippen LogP contribution < -0.4 is 11.1 Å². The molecule has 0 bridgehead atoms. The average Bonchev–Trinajstić information content (AvgIpc) is 3.12. The Balaban J connectivity index is 0.000000274. The molecular weight excluding hydrogens is 565 g/mol. The van der Waals surface area contributed by atoms with E-state index in [4.69, 9.17) is 27.7 Å². The van der Waals surface area contributed by atoms with Crippen LogP contribution in [0.4, 0.5) is 4.39 Å². The SMILES string of the molecule is CC(C)C1CCC2(CC1)N=C(c1ccc(F)c(Cl)c1)C(=O)N2C.CCCCCC1=CCC=C(C=O)C=C1.CNCC(=N)N. The van der Waals surface area contributed by atoms with Gasteiger partial charge in [-0.25, -0.2) is 4.39 Å². The van der Waals surface area contributed by atoms with E-state index in [0.717, 1.165) is 50.4 Å². The summed E-state index contributed by atoms with van der Waals surface area (Å²) in [6, 6.07) is 4.35. The standard InChI is InChI=1S/C18H22ClFN2O.C13H18O.C3H9N3/c1-11(2)12-6-8-18(9-7-12)21-16(17(23)22(18)3)13-4-5-15(20)14(19)10-13;1-2-3-4-6-12-7-5-8-13(11-14)10-9-12;1-6-2-3(4)5/h4-5,10-12H,6-9H2,1-3H3;7-11H,2-6H2,1H3;6H,2H2,1H3,(H3,4,5). The molecule has 7 nitrogen and oxygen atoms in total. The second-order valence-corrected chi connectivity index (χ2v) is 12.1. The van der Waals surface area contributed by atoms with E-state index in [1.807, 2.05) is 19.2 Å². The quantitative estimate of drug-likeness (QED) is 0.120. The van der Waals surface area contributed by atoms with Crippen LogP contribution in [0.5, 0.6) is 0 Å². The first-order valence-electron chi connectivity index (χ1n) is 15.3. The Hall–Kier alpha value is -3.10. The van der Waals surface area contributed by atoms with Gasteiger partial charge in [-0.1, -0.05) is 75.1 Å². The number of likely N-dealkylation sites (N-methyl/N-ethyl adjacent to an activating group) is 2. The van der Waals surface area contributed by atoms with E-state index < -0.39 is 11.5 Å². The minimum Gasteiger partial charge on any atom is -0.387 e. The number of hydrogen-bond acceptors (Lipinski definition) is 5. The summed E-state index contributed by atoms with van der Waals surface area (Å²) in [7, 11) is 3.57. The van der Waals surface area contributed by atoms with E-state index >= 15 is 0 Å². The molecule has 0 aromatic heterocycles. The van der Waals surface area contributed by atoms with Crippen LogP contribution in [0.1, 0.15) is 84.1 Å². The van der Waals surface area contributed by atoms with Gasteiger partial charge in [-0.05, 0) is 82.0 Å². The lowest BCUT2D eigenvalue weighted by Gasteiger charge is -2.40. The first kappa shape index (κ1) is 36.1. The van der Waals surface area contributed by atoms with E-state index in [2.05, 4.69) is 38.2 Å². The molecule has 3 aliphatic rings. The van der Waals surface area contributed by atoms with Crippen LogP contribution in [0.25, 0.3) is 0 Å². The van der Waals surface area contributed by atoms with Gasteiger partial charge in [-0.2, -0.15) is 0 Å². The Morgan fingerprint density at radius 3 is 2.49 bits per heavy atom. The zero-order valence-corrected chi connectivity index (χ0v) is 27.1. The molecule has 1 aromatic carbocycles. The number of hydrogen-bond donors (Lipinski definition) is 3. The fraction of sp³-hybridized carbons (Fsp3) is 0.529. The molecule has 236 valence electrons. The molecular formula is C34H49ClFN5O2. The van der Waals surface area contributed by atoms with Crippen molar-refractivity contribution in [3.05, 3.63) is 70.1 Å². The fourth-order valence-corrected chi connectivity index (χ4v) is 5.64. The molecule has 2 aliphatic carbocycles. The number of carbonyl (C=O) groups excluding carboxylic acids is 2. The van der Waals surface area contributed by atoms with E-state index in [0.29, 0.717) is 29.7 Å². The Morgan fingerprint density at radius 1 is 1.26 bits per heavy atom. The number of unbranched alkanes of at least 4 members (excludes halogenated alkanes) is 2. The minimum atomic E-state index is -0.484. The third kappa shape index (κ3) is 10.8. The lowest BCUT2D eigenvalue weighted by Crippen LogP contribution is -2.47. The van der Waals surface area contributed by atoms with Crippen molar-refractivity contribution in [1.82, 2.24) is 10.2 Å². The molecule has 1 spiro atoms. The van der Waals surface area contributed by atoms with Crippen molar-refractivity contribution in [3.8, 4) is 0 Å². The highest BCUT2D eigenvalue weighted by Gasteiger charge is 2.47. The maximum Gasteiger partial charge on any atom is 0.274 e. The number of aliphatic imine (C=N–C) groups is 1. The summed E-state index contributed by atoms with van der Waals surface area (Å²) in [6.07, 6.45) is 18.8. The average molecular weight is 614 g/mol. The number of aldehydes is 1. The molecule has 1 fully saturated rings. The lowest BCUT2D eigenvalue weighted by molar-refractivity contribution is -0.127. The molecule has 43 heavy (non-hydrogen) atoms. The number of nitrogens with one attached hydrogen (secondary N) is 2. The first-order chi connectivity index (χ1) is 20.5. The molecule has 0 unspecified atom stereocenters. The molecule has 0 radical (unpaired) electrons. The van der Waals surface area contributed by atoms with Crippen LogP contribution in [-0.4, -0.2) is 54.9 Å². The van der Waals surface area contributed by atoms with Gasteiger partial charge in [-0.3, -0.25) is 20.0 Å². The number of nitrogens with zero attached hydrogens (tertiary/aromatic N) is 2. The van der Waals surface area contributed by atoms with Gasteiger partial charge in [0.2, 0.25) is 0 Å². The van der Waals surface area contributed by atoms with E-state index in [1.165, 1.54) is 37.0 Å². The third-order valence-electron chi connectivity index (χ3n) is 8.21. The maximum atomic E-state index is 13.4. The van der Waals surface area contributed by atoms with Gasteiger partial charge in [-0.15, -0.1) is 0 Å². The predicted molar refractivity (Wildman–Crippen MR) is 176 cm³/mol.